The van der Waals surface area contributed by atoms with Crippen LogP contribution in [-0.2, 0) is 10.0 Å². The third-order valence-electron chi connectivity index (χ3n) is 3.56. The molecule has 0 bridgehead atoms. The molecule has 1 aliphatic rings. The molecule has 0 saturated heterocycles. The summed E-state index contributed by atoms with van der Waals surface area (Å²) in [4.78, 5) is -0.890. The minimum Gasteiger partial charge on any atom is -0.330 e. The summed E-state index contributed by atoms with van der Waals surface area (Å²) in [6.07, 6.45) is 2.19. The molecular formula is C12H15F3N2O2S. The van der Waals surface area contributed by atoms with Crippen LogP contribution in [-0.4, -0.2) is 21.0 Å². The quantitative estimate of drug-likeness (QED) is 0.828. The average Bonchev–Trinajstić information content (AvgIpc) is 2.82. The van der Waals surface area contributed by atoms with Gasteiger partial charge < -0.3 is 5.73 Å². The Morgan fingerprint density at radius 1 is 1.20 bits per heavy atom. The lowest BCUT2D eigenvalue weighted by atomic mass is 10.1. The van der Waals surface area contributed by atoms with Crippen LogP contribution in [0.3, 0.4) is 0 Å². The van der Waals surface area contributed by atoms with Gasteiger partial charge in [-0.3, -0.25) is 0 Å². The summed E-state index contributed by atoms with van der Waals surface area (Å²) in [6.45, 7) is 0.313. The fraction of sp³-hybridized carbons (Fsp3) is 0.500. The zero-order chi connectivity index (χ0) is 14.9. The van der Waals surface area contributed by atoms with E-state index in [0.29, 0.717) is 25.1 Å². The molecule has 0 amide bonds. The Morgan fingerprint density at radius 2 is 1.90 bits per heavy atom. The van der Waals surface area contributed by atoms with Gasteiger partial charge in [0, 0.05) is 6.04 Å². The third-order valence-corrected chi connectivity index (χ3v) is 5.06. The Morgan fingerprint density at radius 3 is 2.55 bits per heavy atom. The van der Waals surface area contributed by atoms with Crippen molar-refractivity contribution in [3.05, 3.63) is 29.6 Å². The van der Waals surface area contributed by atoms with Gasteiger partial charge in [-0.2, -0.15) is 0 Å². The second-order valence-electron chi connectivity index (χ2n) is 4.83. The Labute approximate surface area is 115 Å². The minimum absolute atomic E-state index is 0.0295. The highest BCUT2D eigenvalue weighted by atomic mass is 32.2. The normalized spacial score (nSPS) is 23.2. The van der Waals surface area contributed by atoms with Crippen molar-refractivity contribution in [1.29, 1.82) is 0 Å². The van der Waals surface area contributed by atoms with Crippen LogP contribution in [0.1, 0.15) is 19.3 Å². The molecule has 1 saturated carbocycles. The van der Waals surface area contributed by atoms with Crippen LogP contribution < -0.4 is 10.5 Å². The van der Waals surface area contributed by atoms with E-state index in [2.05, 4.69) is 4.72 Å². The molecular weight excluding hydrogens is 293 g/mol. The number of halogens is 3. The van der Waals surface area contributed by atoms with E-state index in [0.717, 1.165) is 12.8 Å². The lowest BCUT2D eigenvalue weighted by Gasteiger charge is -2.19. The van der Waals surface area contributed by atoms with E-state index < -0.39 is 38.4 Å². The number of nitrogens with two attached hydrogens (primary N) is 1. The van der Waals surface area contributed by atoms with Crippen LogP contribution in [0.5, 0.6) is 0 Å². The molecule has 2 atom stereocenters. The summed E-state index contributed by atoms with van der Waals surface area (Å²) in [5, 5.41) is 0. The van der Waals surface area contributed by atoms with Crippen molar-refractivity contribution in [3.8, 4) is 0 Å². The SMILES string of the molecule is NCC1CCCC1NS(=O)(=O)c1ccc(F)c(F)c1F. The van der Waals surface area contributed by atoms with Crippen molar-refractivity contribution >= 4 is 10.0 Å². The maximum absolute atomic E-state index is 13.6. The maximum Gasteiger partial charge on any atom is 0.243 e. The second-order valence-corrected chi connectivity index (χ2v) is 6.51. The van der Waals surface area contributed by atoms with Gasteiger partial charge >= 0.3 is 0 Å². The van der Waals surface area contributed by atoms with Crippen LogP contribution >= 0.6 is 0 Å². The van der Waals surface area contributed by atoms with Gasteiger partial charge in [0.05, 0.1) is 0 Å². The fourth-order valence-corrected chi connectivity index (χ4v) is 3.86. The molecule has 2 rings (SSSR count). The predicted octanol–water partition coefficient (Wildman–Crippen LogP) is 1.51. The molecule has 1 fully saturated rings. The lowest BCUT2D eigenvalue weighted by molar-refractivity contribution is 0.426. The molecule has 1 aliphatic carbocycles. The van der Waals surface area contributed by atoms with Crippen LogP contribution in [0.2, 0.25) is 0 Å². The fourth-order valence-electron chi connectivity index (χ4n) is 2.45. The molecule has 0 heterocycles. The van der Waals surface area contributed by atoms with Gasteiger partial charge in [0.1, 0.15) is 4.90 Å². The molecule has 20 heavy (non-hydrogen) atoms. The summed E-state index contributed by atoms with van der Waals surface area (Å²) in [6, 6.07) is 0.891. The van der Waals surface area contributed by atoms with Gasteiger partial charge in [-0.15, -0.1) is 0 Å². The van der Waals surface area contributed by atoms with Crippen molar-refractivity contribution in [1.82, 2.24) is 4.72 Å². The van der Waals surface area contributed by atoms with Crippen LogP contribution in [0, 0.1) is 23.4 Å². The molecule has 0 aliphatic heterocycles. The van der Waals surface area contributed by atoms with E-state index in [1.54, 1.807) is 0 Å². The Kier molecular flexibility index (Phi) is 4.36. The Balaban J connectivity index is 2.29. The van der Waals surface area contributed by atoms with Crippen molar-refractivity contribution in [2.45, 2.75) is 30.2 Å². The number of hydrogen-bond acceptors (Lipinski definition) is 3. The van der Waals surface area contributed by atoms with E-state index in [1.165, 1.54) is 0 Å². The van der Waals surface area contributed by atoms with Crippen molar-refractivity contribution < 1.29 is 21.6 Å². The van der Waals surface area contributed by atoms with E-state index in [9.17, 15) is 21.6 Å². The number of hydrogen-bond donors (Lipinski definition) is 2. The van der Waals surface area contributed by atoms with Gasteiger partial charge in [0.15, 0.2) is 17.5 Å². The predicted molar refractivity (Wildman–Crippen MR) is 66.8 cm³/mol. The number of sulfonamides is 1. The van der Waals surface area contributed by atoms with E-state index >= 15 is 0 Å². The van der Waals surface area contributed by atoms with Crippen molar-refractivity contribution in [2.75, 3.05) is 6.54 Å². The van der Waals surface area contributed by atoms with Crippen molar-refractivity contribution in [3.63, 3.8) is 0 Å². The van der Waals surface area contributed by atoms with Gasteiger partial charge in [0.2, 0.25) is 10.0 Å². The van der Waals surface area contributed by atoms with E-state index in [-0.39, 0.29) is 5.92 Å². The van der Waals surface area contributed by atoms with Crippen molar-refractivity contribution in [2.24, 2.45) is 11.7 Å². The third kappa shape index (κ3) is 2.82. The monoisotopic (exact) mass is 308 g/mol. The largest absolute Gasteiger partial charge is 0.330 e. The highest BCUT2D eigenvalue weighted by Gasteiger charge is 2.32. The first-order valence-electron chi connectivity index (χ1n) is 6.22. The number of rotatable bonds is 4. The molecule has 2 unspecified atom stereocenters. The summed E-state index contributed by atoms with van der Waals surface area (Å²) in [7, 11) is -4.24. The lowest BCUT2D eigenvalue weighted by Crippen LogP contribution is -2.40. The molecule has 0 aromatic heterocycles. The molecule has 112 valence electrons. The van der Waals surface area contributed by atoms with Gasteiger partial charge in [-0.1, -0.05) is 6.42 Å². The average molecular weight is 308 g/mol. The highest BCUT2D eigenvalue weighted by Crippen LogP contribution is 2.27. The molecule has 0 radical (unpaired) electrons. The van der Waals surface area contributed by atoms with E-state index in [4.69, 9.17) is 5.73 Å². The molecule has 0 spiro atoms. The number of benzene rings is 1. The van der Waals surface area contributed by atoms with Crippen LogP contribution in [0.25, 0.3) is 0 Å². The topological polar surface area (TPSA) is 72.2 Å². The first-order valence-corrected chi connectivity index (χ1v) is 7.71. The van der Waals surface area contributed by atoms with Gasteiger partial charge in [0.25, 0.3) is 0 Å². The molecule has 3 N–H and O–H groups in total. The molecule has 4 nitrogen and oxygen atoms in total. The smallest absolute Gasteiger partial charge is 0.243 e. The standard InChI is InChI=1S/C12H15F3N2O2S/c13-8-4-5-10(12(15)11(8)14)20(18,19)17-9-3-1-2-7(9)6-16/h4-5,7,9,17H,1-3,6,16H2. The first kappa shape index (κ1) is 15.3. The molecule has 1 aromatic carbocycles. The van der Waals surface area contributed by atoms with Gasteiger partial charge in [-0.05, 0) is 37.4 Å². The summed E-state index contributed by atoms with van der Waals surface area (Å²) >= 11 is 0. The Hall–Kier alpha value is -1.12. The van der Waals surface area contributed by atoms with Crippen LogP contribution in [0.4, 0.5) is 13.2 Å². The maximum atomic E-state index is 13.6. The van der Waals surface area contributed by atoms with Crippen LogP contribution in [0.15, 0.2) is 17.0 Å². The summed E-state index contributed by atoms with van der Waals surface area (Å²) in [5.41, 5.74) is 5.54. The zero-order valence-electron chi connectivity index (χ0n) is 10.6. The minimum atomic E-state index is -4.24. The first-order chi connectivity index (χ1) is 9.36. The van der Waals surface area contributed by atoms with E-state index in [1.807, 2.05) is 0 Å². The molecule has 1 aromatic rings. The second kappa shape index (κ2) is 5.71. The zero-order valence-corrected chi connectivity index (χ0v) is 11.4. The highest BCUT2D eigenvalue weighted by molar-refractivity contribution is 7.89. The van der Waals surface area contributed by atoms with Gasteiger partial charge in [-0.25, -0.2) is 26.3 Å². The number of nitrogens with one attached hydrogen (secondary N) is 1. The Bertz CT molecular complexity index is 607. The molecule has 8 heteroatoms. The summed E-state index contributed by atoms with van der Waals surface area (Å²) < 4.78 is 65.9. The summed E-state index contributed by atoms with van der Waals surface area (Å²) in [5.74, 6) is -4.96.